The molecule has 8 atom stereocenters. The number of cyclic esters (lactones) is 1. The first-order valence-corrected chi connectivity index (χ1v) is 17.5. The Balaban J connectivity index is 1.62. The van der Waals surface area contributed by atoms with Gasteiger partial charge in [0, 0.05) is 46.3 Å². The molecule has 0 spiro atoms. The van der Waals surface area contributed by atoms with Crippen molar-refractivity contribution in [3.05, 3.63) is 30.6 Å². The molecule has 13 nitrogen and oxygen atoms in total. The minimum absolute atomic E-state index is 0.00681. The molecule has 2 amide bonds. The van der Waals surface area contributed by atoms with E-state index in [1.165, 1.54) is 6.92 Å². The molecular formula is C35H53BN6O7. The van der Waals surface area contributed by atoms with Gasteiger partial charge < -0.3 is 19.1 Å². The van der Waals surface area contributed by atoms with E-state index >= 15 is 0 Å². The van der Waals surface area contributed by atoms with Gasteiger partial charge in [0.1, 0.15) is 31.3 Å². The fourth-order valence-electron chi connectivity index (χ4n) is 7.56. The van der Waals surface area contributed by atoms with E-state index in [9.17, 15) is 19.2 Å². The zero-order chi connectivity index (χ0) is 36.1. The number of hydrogen-bond donors (Lipinski definition) is 0. The molecule has 2 aromatic heterocycles. The summed E-state index contributed by atoms with van der Waals surface area (Å²) >= 11 is 0. The fraction of sp³-hybridized carbons (Fsp3) is 0.686. The average molecular weight is 681 g/mol. The molecule has 2 aromatic rings. The minimum atomic E-state index is -1.29. The lowest BCUT2D eigenvalue weighted by molar-refractivity contribution is -0.171. The van der Waals surface area contributed by atoms with Crippen molar-refractivity contribution in [1.29, 1.82) is 0 Å². The van der Waals surface area contributed by atoms with Crippen LogP contribution in [0.4, 0.5) is 4.79 Å². The van der Waals surface area contributed by atoms with E-state index in [2.05, 4.69) is 22.2 Å². The average Bonchev–Trinajstić information content (AvgIpc) is 3.65. The number of hydrogen-bond acceptors (Lipinski definition) is 10. The predicted molar refractivity (Wildman–Crippen MR) is 185 cm³/mol. The topological polar surface area (TPSA) is 146 Å². The molecule has 2 saturated heterocycles. The lowest BCUT2D eigenvalue weighted by Crippen LogP contribution is -2.62. The Labute approximate surface area is 290 Å². The Bertz CT molecular complexity index is 1480. The van der Waals surface area contributed by atoms with Gasteiger partial charge >= 0.3 is 12.1 Å². The van der Waals surface area contributed by atoms with E-state index in [4.69, 9.17) is 14.2 Å². The molecular weight excluding hydrogens is 627 g/mol. The highest BCUT2D eigenvalue weighted by atomic mass is 16.6. The third kappa shape index (κ3) is 8.33. The van der Waals surface area contributed by atoms with Gasteiger partial charge in [0.25, 0.3) is 0 Å². The van der Waals surface area contributed by atoms with Gasteiger partial charge in [-0.05, 0) is 77.2 Å². The van der Waals surface area contributed by atoms with Crippen molar-refractivity contribution in [3.8, 4) is 11.4 Å². The first kappa shape index (κ1) is 38.0. The van der Waals surface area contributed by atoms with Gasteiger partial charge in [-0.25, -0.2) is 4.79 Å². The summed E-state index contributed by atoms with van der Waals surface area (Å²) in [5.74, 6) is -2.23. The van der Waals surface area contributed by atoms with E-state index < -0.39 is 47.4 Å². The number of nitrogens with zero attached hydrogens (tertiary/aromatic N) is 6. The fourth-order valence-corrected chi connectivity index (χ4v) is 7.56. The summed E-state index contributed by atoms with van der Waals surface area (Å²) < 4.78 is 19.9. The van der Waals surface area contributed by atoms with Crippen molar-refractivity contribution < 1.29 is 33.4 Å². The van der Waals surface area contributed by atoms with Gasteiger partial charge in [-0.2, -0.15) is 0 Å². The van der Waals surface area contributed by atoms with Crippen molar-refractivity contribution in [1.82, 2.24) is 29.8 Å². The number of aryl methyl sites for hydroxylation is 1. The van der Waals surface area contributed by atoms with Crippen molar-refractivity contribution in [2.45, 2.75) is 122 Å². The lowest BCUT2D eigenvalue weighted by Gasteiger charge is -2.44. The van der Waals surface area contributed by atoms with Crippen LogP contribution in [0.15, 0.2) is 30.6 Å². The van der Waals surface area contributed by atoms with Crippen LogP contribution in [-0.2, 0) is 35.1 Å². The molecule has 268 valence electrons. The summed E-state index contributed by atoms with van der Waals surface area (Å²) in [5, 5.41) is 8.48. The molecule has 4 heterocycles. The molecule has 4 rings (SSSR count). The van der Waals surface area contributed by atoms with Crippen LogP contribution in [0.2, 0.25) is 5.82 Å². The molecule has 0 unspecified atom stereocenters. The largest absolute Gasteiger partial charge is 0.458 e. The maximum atomic E-state index is 13.7. The number of carbonyl (C=O) groups is 4. The highest BCUT2D eigenvalue weighted by Gasteiger charge is 2.59. The van der Waals surface area contributed by atoms with Crippen LogP contribution in [0.1, 0.15) is 80.6 Å². The van der Waals surface area contributed by atoms with Gasteiger partial charge in [0.15, 0.2) is 5.60 Å². The first-order chi connectivity index (χ1) is 23.1. The second kappa shape index (κ2) is 15.8. The number of unbranched alkanes of at least 4 members (excludes halogenated alkanes) is 1. The van der Waals surface area contributed by atoms with Crippen LogP contribution in [0.25, 0.3) is 11.4 Å². The molecule has 0 N–H and O–H groups in total. The standard InChI is InChI=1S/C35H53BN6O7/c1-9-30-35(7)31(41(33(46)49-35)17-13-12-16-40-21-27(38-39-40)26-14-10-11-15-37-26)24(4)42(25(5)43)20-22(2)19-34(6,47-8)29(36)18-28(44)23(3)32(45)48-30/h10-11,14-15,21-24,29-31H,9,12-13,16-20,36H2,1-8H3/t22-,23-,24-,29-,30-,31-,34-,35-/m1/s1. The maximum absolute atomic E-state index is 13.7. The van der Waals surface area contributed by atoms with Crippen LogP contribution in [-0.4, -0.2) is 111 Å². The number of fused-ring (bicyclic) bond motifs is 1. The Hall–Kier alpha value is -3.81. The molecule has 0 bridgehead atoms. The monoisotopic (exact) mass is 680 g/mol. The van der Waals surface area contributed by atoms with E-state index in [1.807, 2.05) is 53.0 Å². The number of rotatable bonds is 8. The van der Waals surface area contributed by atoms with E-state index in [0.29, 0.717) is 51.0 Å². The number of ketones is 1. The lowest BCUT2D eigenvalue weighted by atomic mass is 9.67. The van der Waals surface area contributed by atoms with Gasteiger partial charge in [-0.1, -0.05) is 25.1 Å². The van der Waals surface area contributed by atoms with Crippen LogP contribution >= 0.6 is 0 Å². The molecule has 49 heavy (non-hydrogen) atoms. The maximum Gasteiger partial charge on any atom is 0.410 e. The molecule has 2 aliphatic heterocycles. The van der Waals surface area contributed by atoms with E-state index in [1.54, 1.807) is 41.6 Å². The summed E-state index contributed by atoms with van der Waals surface area (Å²) in [7, 11) is 3.58. The number of aromatic nitrogens is 4. The molecule has 0 aliphatic carbocycles. The Kier molecular flexibility index (Phi) is 12.3. The van der Waals surface area contributed by atoms with Crippen molar-refractivity contribution in [3.63, 3.8) is 0 Å². The van der Waals surface area contributed by atoms with E-state index in [-0.39, 0.29) is 29.8 Å². The van der Waals surface area contributed by atoms with Gasteiger partial charge in [-0.3, -0.25) is 28.9 Å². The third-order valence-corrected chi connectivity index (χ3v) is 10.7. The van der Waals surface area contributed by atoms with E-state index in [0.717, 1.165) is 5.69 Å². The third-order valence-electron chi connectivity index (χ3n) is 10.7. The van der Waals surface area contributed by atoms with Crippen LogP contribution in [0.3, 0.4) is 0 Å². The minimum Gasteiger partial charge on any atom is -0.458 e. The van der Waals surface area contributed by atoms with Crippen LogP contribution in [0, 0.1) is 11.8 Å². The van der Waals surface area contributed by atoms with Gasteiger partial charge in [-0.15, -0.1) is 5.10 Å². The Morgan fingerprint density at radius 1 is 1.10 bits per heavy atom. The predicted octanol–water partition coefficient (Wildman–Crippen LogP) is 3.72. The SMILES string of the molecule is B[C@@H]1CC(=O)[C@@H](C)C(=O)O[C@H](CC)[C@@]2(C)OC(=O)N(CCCCn3cc(-c4ccccn4)nn3)[C@@H]2[C@@H](C)N(C(C)=O)C[C@H](C)C[C@@]1(C)OC. The second-order valence-corrected chi connectivity index (χ2v) is 14.3. The number of pyridine rings is 1. The molecule has 0 aromatic carbocycles. The summed E-state index contributed by atoms with van der Waals surface area (Å²) in [5.41, 5.74) is -0.550. The van der Waals surface area contributed by atoms with Crippen molar-refractivity contribution >= 4 is 31.6 Å². The van der Waals surface area contributed by atoms with Crippen LogP contribution < -0.4 is 0 Å². The highest BCUT2D eigenvalue weighted by Crippen LogP contribution is 2.41. The van der Waals surface area contributed by atoms with Crippen molar-refractivity contribution in [2.24, 2.45) is 11.8 Å². The number of methoxy groups -OCH3 is 1. The summed E-state index contributed by atoms with van der Waals surface area (Å²) in [6.45, 7) is 14.0. The molecule has 0 saturated carbocycles. The van der Waals surface area contributed by atoms with Gasteiger partial charge in [0.2, 0.25) is 5.91 Å². The molecule has 0 radical (unpaired) electrons. The Morgan fingerprint density at radius 3 is 2.45 bits per heavy atom. The highest BCUT2D eigenvalue weighted by molar-refractivity contribution is 6.15. The number of esters is 1. The summed E-state index contributed by atoms with van der Waals surface area (Å²) in [6, 6.07) is 4.49. The zero-order valence-electron chi connectivity index (χ0n) is 30.5. The summed E-state index contributed by atoms with van der Waals surface area (Å²) in [6.07, 6.45) is 4.54. The van der Waals surface area contributed by atoms with Crippen molar-refractivity contribution in [2.75, 3.05) is 20.2 Å². The van der Waals surface area contributed by atoms with Gasteiger partial charge in [0.05, 0.1) is 29.6 Å². The molecule has 2 aliphatic rings. The number of ether oxygens (including phenoxy) is 3. The molecule has 2 fully saturated rings. The summed E-state index contributed by atoms with van der Waals surface area (Å²) in [4.78, 5) is 61.7. The Morgan fingerprint density at radius 2 is 1.82 bits per heavy atom. The van der Waals surface area contributed by atoms with Crippen LogP contribution in [0.5, 0.6) is 0 Å². The quantitative estimate of drug-likeness (QED) is 0.175. The zero-order valence-corrected chi connectivity index (χ0v) is 30.5. The number of carbonyl (C=O) groups excluding carboxylic acids is 4. The smallest absolute Gasteiger partial charge is 0.410 e. The number of Topliss-reactive ketones (excluding diaryl/α,β-unsaturated/α-hetero) is 1. The normalized spacial score (nSPS) is 31.8. The first-order valence-electron chi connectivity index (χ1n) is 17.5. The second-order valence-electron chi connectivity index (χ2n) is 14.3. The number of amides is 2. The molecule has 14 heteroatoms.